The molecule has 0 aliphatic carbocycles. The van der Waals surface area contributed by atoms with Crippen molar-refractivity contribution in [2.24, 2.45) is 0 Å². The first kappa shape index (κ1) is 41.8. The van der Waals surface area contributed by atoms with Gasteiger partial charge in [0.1, 0.15) is 11.5 Å². The molecule has 0 bridgehead atoms. The number of aromatic hydroxyl groups is 1. The van der Waals surface area contributed by atoms with E-state index in [0.29, 0.717) is 34.0 Å². The summed E-state index contributed by atoms with van der Waals surface area (Å²) in [6.07, 6.45) is -2.89. The Morgan fingerprint density at radius 1 is 0.792 bits per heavy atom. The van der Waals surface area contributed by atoms with Crippen LogP contribution in [0.5, 0.6) is 17.2 Å². The van der Waals surface area contributed by atoms with Gasteiger partial charge in [-0.2, -0.15) is 0 Å². The standard InChI is InChI=1S/C26H33I2N3O15P2/c27-19-9-16(10-20(28)24(19)46-18-3-1-17(32)2-4-18)11-21(25(37)38)31(8-6-30(13-23(35)36)15-48(43,44)45)7-5-29(12-22(33)34)14-47(41,42)26(39)40/h1-4,9-10,21,32H,5-8,11-15H2,(H,33,34)(H,35,36)(H,37,38)(H,39,40)(H,41,42)(H2,43,44,45)/p-7. The Kier molecular flexibility index (Phi) is 16.1. The van der Waals surface area contributed by atoms with Gasteiger partial charge in [-0.1, -0.05) is 7.60 Å². The van der Waals surface area contributed by atoms with Gasteiger partial charge in [0.15, 0.2) is 5.75 Å². The predicted molar refractivity (Wildman–Crippen MR) is 168 cm³/mol. The minimum Gasteiger partial charge on any atom is -0.810 e. The second-order valence-corrected chi connectivity index (χ2v) is 16.1. The molecule has 0 aromatic heterocycles. The number of aliphatic carboxylic acids is 3. The molecule has 22 heteroatoms. The molecule has 0 fully saturated rings. The van der Waals surface area contributed by atoms with E-state index in [9.17, 15) is 68.5 Å². The molecule has 266 valence electrons. The highest BCUT2D eigenvalue weighted by atomic mass is 127. The number of carboxylic acids is 3. The maximum Gasteiger partial charge on any atom is 0.154 e. The van der Waals surface area contributed by atoms with E-state index in [1.807, 2.05) is 45.2 Å². The van der Waals surface area contributed by atoms with Crippen molar-refractivity contribution in [1.29, 1.82) is 0 Å². The Morgan fingerprint density at radius 3 is 1.69 bits per heavy atom. The van der Waals surface area contributed by atoms with E-state index in [1.54, 1.807) is 12.1 Å². The van der Waals surface area contributed by atoms with Crippen molar-refractivity contribution < 1.29 is 73.3 Å². The minimum absolute atomic E-state index is 0.0152. The summed E-state index contributed by atoms with van der Waals surface area (Å²) in [7, 11) is -10.6. The first-order valence-corrected chi connectivity index (χ1v) is 19.1. The Hall–Kier alpha value is -2.40. The van der Waals surface area contributed by atoms with Crippen LogP contribution in [0.2, 0.25) is 0 Å². The highest BCUT2D eigenvalue weighted by molar-refractivity contribution is 14.1. The summed E-state index contributed by atoms with van der Waals surface area (Å²) in [5.41, 5.74) is -2.06. The SMILES string of the molecule is O=C([O-])CN(CCN(CCN(CC(=O)[O-])CP(=O)([O-])C(=O)[O-])C(Cc1cc(I)c(Oc2ccc(O)cc2)c(I)c1)C(=O)[O-])CP(=O)([O-])[O-]. The molecule has 2 aromatic rings. The molecule has 1 N–H and O–H groups in total. The molecule has 0 saturated heterocycles. The lowest BCUT2D eigenvalue weighted by atomic mass is 10.0. The molecule has 0 radical (unpaired) electrons. The maximum atomic E-state index is 12.5. The number of carbonyl (C=O) groups excluding carboxylic acids is 4. The number of halogens is 2. The zero-order chi connectivity index (χ0) is 36.4. The second kappa shape index (κ2) is 18.6. The molecule has 2 atom stereocenters. The first-order valence-electron chi connectivity index (χ1n) is 13.4. The number of carboxylic acid groups (broad SMARTS) is 4. The number of phenolic OH excluding ortho intramolecular Hbond substituents is 1. The van der Waals surface area contributed by atoms with Crippen LogP contribution in [-0.4, -0.2) is 101 Å². The van der Waals surface area contributed by atoms with Crippen LogP contribution in [0.4, 0.5) is 4.79 Å². The summed E-state index contributed by atoms with van der Waals surface area (Å²) in [4.78, 5) is 83.0. The van der Waals surface area contributed by atoms with Gasteiger partial charge in [0.25, 0.3) is 0 Å². The van der Waals surface area contributed by atoms with E-state index in [4.69, 9.17) is 4.74 Å². The smallest absolute Gasteiger partial charge is 0.154 e. The molecule has 2 aromatic carbocycles. The van der Waals surface area contributed by atoms with Gasteiger partial charge in [-0.15, -0.1) is 0 Å². The van der Waals surface area contributed by atoms with Crippen molar-refractivity contribution in [2.75, 3.05) is 51.8 Å². The summed E-state index contributed by atoms with van der Waals surface area (Å²) in [6.45, 7) is -4.22. The first-order chi connectivity index (χ1) is 22.2. The summed E-state index contributed by atoms with van der Waals surface area (Å²) in [6, 6.07) is 7.42. The van der Waals surface area contributed by atoms with Crippen molar-refractivity contribution in [3.63, 3.8) is 0 Å². The number of phenols is 1. The third kappa shape index (κ3) is 14.6. The van der Waals surface area contributed by atoms with Crippen LogP contribution in [0, 0.1) is 7.14 Å². The van der Waals surface area contributed by atoms with Crippen molar-refractivity contribution in [1.82, 2.24) is 14.7 Å². The number of nitrogens with zero attached hydrogens (tertiary/aromatic N) is 3. The molecule has 48 heavy (non-hydrogen) atoms. The third-order valence-corrected chi connectivity index (χ3v) is 10.1. The lowest BCUT2D eigenvalue weighted by molar-refractivity contribution is -0.317. The lowest BCUT2D eigenvalue weighted by Gasteiger charge is -2.39. The van der Waals surface area contributed by atoms with Gasteiger partial charge in [0, 0.05) is 51.8 Å². The summed E-state index contributed by atoms with van der Waals surface area (Å²) >= 11 is 3.88. The van der Waals surface area contributed by atoms with Gasteiger partial charge in [-0.3, -0.25) is 14.7 Å². The maximum absolute atomic E-state index is 12.5. The molecular formula is C26H26I2N3O15P2-7. The Morgan fingerprint density at radius 2 is 1.27 bits per heavy atom. The predicted octanol–water partition coefficient (Wildman–Crippen LogP) is -4.73. The topological polar surface area (TPSA) is 303 Å². The van der Waals surface area contributed by atoms with Gasteiger partial charge in [0.2, 0.25) is 0 Å². The van der Waals surface area contributed by atoms with Crippen molar-refractivity contribution in [2.45, 2.75) is 12.5 Å². The Bertz CT molecular complexity index is 1550. The fourth-order valence-corrected chi connectivity index (χ4v) is 8.07. The van der Waals surface area contributed by atoms with Crippen LogP contribution in [0.15, 0.2) is 36.4 Å². The van der Waals surface area contributed by atoms with E-state index in [1.165, 1.54) is 24.3 Å². The molecule has 0 amide bonds. The van der Waals surface area contributed by atoms with E-state index < -0.39 is 96.5 Å². The third-order valence-electron chi connectivity index (χ3n) is 6.41. The Balaban J connectivity index is 2.44. The number of benzene rings is 2. The molecular weight excluding hydrogens is 910 g/mol. The molecule has 0 spiro atoms. The molecule has 2 unspecified atom stereocenters. The highest BCUT2D eigenvalue weighted by Gasteiger charge is 2.25. The van der Waals surface area contributed by atoms with Crippen LogP contribution >= 0.6 is 60.1 Å². The monoisotopic (exact) mass is 936 g/mol. The van der Waals surface area contributed by atoms with Gasteiger partial charge in [-0.05, 0) is 93.6 Å². The van der Waals surface area contributed by atoms with Crippen LogP contribution < -0.4 is 39.8 Å². The molecule has 0 aliphatic heterocycles. The van der Waals surface area contributed by atoms with Crippen LogP contribution in [-0.2, 0) is 29.9 Å². The van der Waals surface area contributed by atoms with Crippen molar-refractivity contribution in [3.8, 4) is 17.2 Å². The van der Waals surface area contributed by atoms with Gasteiger partial charge in [-0.25, -0.2) is 0 Å². The number of hydrogen-bond donors (Lipinski definition) is 1. The summed E-state index contributed by atoms with van der Waals surface area (Å²) in [5.74, 6) is -4.43. The van der Waals surface area contributed by atoms with E-state index >= 15 is 0 Å². The average molecular weight is 936 g/mol. The number of ether oxygens (including phenoxy) is 1. The minimum atomic E-state index is -5.31. The van der Waals surface area contributed by atoms with Crippen LogP contribution in [0.25, 0.3) is 0 Å². The summed E-state index contributed by atoms with van der Waals surface area (Å²) < 4.78 is 30.3. The zero-order valence-electron chi connectivity index (χ0n) is 24.6. The number of hydrogen-bond acceptors (Lipinski definition) is 18. The van der Waals surface area contributed by atoms with Crippen LogP contribution in [0.1, 0.15) is 5.56 Å². The molecule has 0 aliphatic rings. The zero-order valence-corrected chi connectivity index (χ0v) is 30.7. The average Bonchev–Trinajstić information content (AvgIpc) is 2.93. The van der Waals surface area contributed by atoms with E-state index in [0.717, 1.165) is 4.90 Å². The van der Waals surface area contributed by atoms with Crippen LogP contribution in [0.3, 0.4) is 0 Å². The van der Waals surface area contributed by atoms with Crippen molar-refractivity contribution >= 4 is 83.8 Å². The molecule has 0 heterocycles. The highest BCUT2D eigenvalue weighted by Crippen LogP contribution is 2.36. The quantitative estimate of drug-likeness (QED) is 0.0908. The van der Waals surface area contributed by atoms with E-state index in [2.05, 4.69) is 0 Å². The molecule has 18 nitrogen and oxygen atoms in total. The Labute approximate surface area is 300 Å². The summed E-state index contributed by atoms with van der Waals surface area (Å²) in [5, 5.41) is 55.5. The second-order valence-electron chi connectivity index (χ2n) is 10.2. The van der Waals surface area contributed by atoms with Gasteiger partial charge in [0.05, 0.1) is 44.2 Å². The number of carbonyl (C=O) groups is 4. The number of rotatable bonds is 21. The fraction of sp³-hybridized carbons (Fsp3) is 0.385. The van der Waals surface area contributed by atoms with Gasteiger partial charge < -0.3 is 73.3 Å². The normalized spacial score (nSPS) is 13.8. The van der Waals surface area contributed by atoms with Gasteiger partial charge >= 0.3 is 0 Å². The largest absolute Gasteiger partial charge is 0.810 e. The molecule has 2 rings (SSSR count). The van der Waals surface area contributed by atoms with E-state index in [-0.39, 0.29) is 12.2 Å². The lowest BCUT2D eigenvalue weighted by Crippen LogP contribution is -2.54. The molecule has 0 saturated carbocycles. The fourth-order valence-electron chi connectivity index (χ4n) is 4.34. The van der Waals surface area contributed by atoms with Crippen molar-refractivity contribution in [3.05, 3.63) is 49.1 Å².